The van der Waals surface area contributed by atoms with Crippen LogP contribution in [-0.4, -0.2) is 39.8 Å². The number of piperidine rings is 1. The molecule has 2 aromatic rings. The number of thiazole rings is 1. The van der Waals surface area contributed by atoms with Gasteiger partial charge in [-0.2, -0.15) is 0 Å². The van der Waals surface area contributed by atoms with E-state index in [9.17, 15) is 9.59 Å². The lowest BCUT2D eigenvalue weighted by atomic mass is 9.92. The average molecular weight is 401 g/mol. The zero-order valence-electron chi connectivity index (χ0n) is 16.6. The molecule has 2 amide bonds. The van der Waals surface area contributed by atoms with Gasteiger partial charge in [-0.25, -0.2) is 4.98 Å². The van der Waals surface area contributed by atoms with Crippen LogP contribution in [0.4, 0.5) is 0 Å². The molecule has 0 aromatic carbocycles. The van der Waals surface area contributed by atoms with E-state index < -0.39 is 0 Å². The molecule has 7 heteroatoms. The van der Waals surface area contributed by atoms with Gasteiger partial charge in [-0.15, -0.1) is 11.3 Å². The zero-order valence-corrected chi connectivity index (χ0v) is 17.4. The third-order valence-electron chi connectivity index (χ3n) is 5.13. The van der Waals surface area contributed by atoms with Crippen LogP contribution in [0.3, 0.4) is 0 Å². The molecule has 0 saturated carbocycles. The molecule has 150 valence electrons. The summed E-state index contributed by atoms with van der Waals surface area (Å²) in [5.41, 5.74) is 1.58. The van der Waals surface area contributed by atoms with E-state index in [-0.39, 0.29) is 11.8 Å². The maximum atomic E-state index is 12.6. The number of nitrogens with zero attached hydrogens (tertiary/aromatic N) is 3. The van der Waals surface area contributed by atoms with E-state index in [1.807, 2.05) is 22.4 Å². The average Bonchev–Trinajstić information content (AvgIpc) is 3.22. The molecule has 0 radical (unpaired) electrons. The fourth-order valence-electron chi connectivity index (χ4n) is 3.36. The van der Waals surface area contributed by atoms with Crippen LogP contribution >= 0.6 is 11.3 Å². The number of rotatable bonds is 7. The first kappa shape index (κ1) is 20.5. The van der Waals surface area contributed by atoms with Crippen LogP contribution in [0.1, 0.15) is 66.5 Å². The van der Waals surface area contributed by atoms with Gasteiger partial charge in [0.2, 0.25) is 5.91 Å². The van der Waals surface area contributed by atoms with Gasteiger partial charge >= 0.3 is 0 Å². The molecule has 0 aliphatic carbocycles. The lowest BCUT2D eigenvalue weighted by Gasteiger charge is -2.31. The molecule has 1 aliphatic heterocycles. The maximum absolute atomic E-state index is 12.6. The number of aromatic nitrogens is 2. The predicted octanol–water partition coefficient (Wildman–Crippen LogP) is 3.61. The van der Waals surface area contributed by atoms with Gasteiger partial charge in [-0.1, -0.05) is 19.9 Å². The smallest absolute Gasteiger partial charge is 0.273 e. The summed E-state index contributed by atoms with van der Waals surface area (Å²) in [6.07, 6.45) is 6.78. The first-order valence-corrected chi connectivity index (χ1v) is 10.8. The van der Waals surface area contributed by atoms with Crippen LogP contribution in [0.15, 0.2) is 29.9 Å². The second-order valence-corrected chi connectivity index (χ2v) is 8.53. The Balaban J connectivity index is 1.37. The molecule has 1 saturated heterocycles. The number of pyridine rings is 1. The third kappa shape index (κ3) is 5.61. The number of likely N-dealkylation sites (tertiary alicyclic amines) is 1. The van der Waals surface area contributed by atoms with E-state index in [4.69, 9.17) is 0 Å². The first-order valence-electron chi connectivity index (χ1n) is 9.93. The SMILES string of the molecule is CC(C)c1nc(C(=O)N2CCC(CCC(=O)NCc3cccnc3)CC2)cs1. The summed E-state index contributed by atoms with van der Waals surface area (Å²) in [5.74, 6) is 0.957. The molecule has 0 spiro atoms. The van der Waals surface area contributed by atoms with Crippen molar-refractivity contribution in [3.63, 3.8) is 0 Å². The van der Waals surface area contributed by atoms with Crippen molar-refractivity contribution in [3.05, 3.63) is 46.2 Å². The Hall–Kier alpha value is -2.28. The number of hydrogen-bond acceptors (Lipinski definition) is 5. The second kappa shape index (κ2) is 9.78. The highest BCUT2D eigenvalue weighted by atomic mass is 32.1. The van der Waals surface area contributed by atoms with Crippen molar-refractivity contribution in [1.29, 1.82) is 0 Å². The Kier molecular flexibility index (Phi) is 7.14. The summed E-state index contributed by atoms with van der Waals surface area (Å²) >= 11 is 1.56. The van der Waals surface area contributed by atoms with Crippen molar-refractivity contribution in [2.45, 2.75) is 52.0 Å². The van der Waals surface area contributed by atoms with Gasteiger partial charge in [-0.05, 0) is 36.8 Å². The van der Waals surface area contributed by atoms with E-state index in [1.165, 1.54) is 0 Å². The Morgan fingerprint density at radius 1 is 1.32 bits per heavy atom. The second-order valence-electron chi connectivity index (χ2n) is 7.64. The van der Waals surface area contributed by atoms with Crippen molar-refractivity contribution in [2.75, 3.05) is 13.1 Å². The van der Waals surface area contributed by atoms with Gasteiger partial charge in [0.15, 0.2) is 0 Å². The van der Waals surface area contributed by atoms with Crippen molar-refractivity contribution in [2.24, 2.45) is 5.92 Å². The van der Waals surface area contributed by atoms with Gasteiger partial charge in [-0.3, -0.25) is 14.6 Å². The van der Waals surface area contributed by atoms with Crippen LogP contribution in [0, 0.1) is 5.92 Å². The Morgan fingerprint density at radius 3 is 2.75 bits per heavy atom. The molecular formula is C21H28N4O2S. The van der Waals surface area contributed by atoms with Gasteiger partial charge in [0, 0.05) is 49.7 Å². The van der Waals surface area contributed by atoms with Crippen LogP contribution in [-0.2, 0) is 11.3 Å². The van der Waals surface area contributed by atoms with Gasteiger partial charge in [0.25, 0.3) is 5.91 Å². The molecule has 2 aromatic heterocycles. The molecule has 0 atom stereocenters. The number of amides is 2. The molecule has 0 unspecified atom stereocenters. The minimum Gasteiger partial charge on any atom is -0.352 e. The summed E-state index contributed by atoms with van der Waals surface area (Å²) in [6, 6.07) is 3.82. The van der Waals surface area contributed by atoms with Crippen LogP contribution in [0.25, 0.3) is 0 Å². The molecule has 0 bridgehead atoms. The van der Waals surface area contributed by atoms with Crippen molar-refractivity contribution >= 4 is 23.2 Å². The highest BCUT2D eigenvalue weighted by Crippen LogP contribution is 2.25. The summed E-state index contributed by atoms with van der Waals surface area (Å²) in [5, 5.41) is 5.83. The monoisotopic (exact) mass is 400 g/mol. The minimum absolute atomic E-state index is 0.0378. The molecule has 1 aliphatic rings. The highest BCUT2D eigenvalue weighted by molar-refractivity contribution is 7.09. The minimum atomic E-state index is 0.0378. The van der Waals surface area contributed by atoms with Crippen LogP contribution in [0.2, 0.25) is 0 Å². The van der Waals surface area contributed by atoms with E-state index in [1.54, 1.807) is 23.7 Å². The molecular weight excluding hydrogens is 372 g/mol. The van der Waals surface area contributed by atoms with Crippen molar-refractivity contribution < 1.29 is 9.59 Å². The van der Waals surface area contributed by atoms with Crippen LogP contribution in [0.5, 0.6) is 0 Å². The number of nitrogens with one attached hydrogen (secondary N) is 1. The van der Waals surface area contributed by atoms with E-state index >= 15 is 0 Å². The third-order valence-corrected chi connectivity index (χ3v) is 6.27. The summed E-state index contributed by atoms with van der Waals surface area (Å²) in [6.45, 7) is 6.19. The Labute approximate surface area is 170 Å². The number of carbonyl (C=O) groups excluding carboxylic acids is 2. The predicted molar refractivity (Wildman–Crippen MR) is 110 cm³/mol. The molecule has 3 rings (SSSR count). The standard InChI is InChI=1S/C21H28N4O2S/c1-15(2)20-24-18(14-28-20)21(27)25-10-7-16(8-11-25)5-6-19(26)23-13-17-4-3-9-22-12-17/h3-4,9,12,14-16H,5-8,10-11,13H2,1-2H3,(H,23,26). The zero-order chi connectivity index (χ0) is 19.9. The van der Waals surface area contributed by atoms with E-state index in [0.29, 0.717) is 30.5 Å². The quantitative estimate of drug-likeness (QED) is 0.770. The number of carbonyl (C=O) groups is 2. The molecule has 1 N–H and O–H groups in total. The van der Waals surface area contributed by atoms with Gasteiger partial charge < -0.3 is 10.2 Å². The normalized spacial score (nSPS) is 15.0. The van der Waals surface area contributed by atoms with E-state index in [2.05, 4.69) is 29.1 Å². The largest absolute Gasteiger partial charge is 0.352 e. The molecule has 28 heavy (non-hydrogen) atoms. The maximum Gasteiger partial charge on any atom is 0.273 e. The van der Waals surface area contributed by atoms with E-state index in [0.717, 1.165) is 42.9 Å². The lowest BCUT2D eigenvalue weighted by Crippen LogP contribution is -2.39. The summed E-state index contributed by atoms with van der Waals surface area (Å²) in [4.78, 5) is 35.1. The fraction of sp³-hybridized carbons (Fsp3) is 0.524. The summed E-state index contributed by atoms with van der Waals surface area (Å²) < 4.78 is 0. The van der Waals surface area contributed by atoms with Crippen molar-refractivity contribution in [3.8, 4) is 0 Å². The fourth-order valence-corrected chi connectivity index (χ4v) is 4.17. The summed E-state index contributed by atoms with van der Waals surface area (Å²) in [7, 11) is 0. The molecule has 1 fully saturated rings. The van der Waals surface area contributed by atoms with Crippen LogP contribution < -0.4 is 5.32 Å². The van der Waals surface area contributed by atoms with Gasteiger partial charge in [0.1, 0.15) is 5.69 Å². The molecule has 3 heterocycles. The first-order chi connectivity index (χ1) is 13.5. The highest BCUT2D eigenvalue weighted by Gasteiger charge is 2.25. The number of hydrogen-bond donors (Lipinski definition) is 1. The Morgan fingerprint density at radius 2 is 2.11 bits per heavy atom. The lowest BCUT2D eigenvalue weighted by molar-refractivity contribution is -0.121. The van der Waals surface area contributed by atoms with Gasteiger partial charge in [0.05, 0.1) is 5.01 Å². The topological polar surface area (TPSA) is 75.2 Å². The van der Waals surface area contributed by atoms with Crippen molar-refractivity contribution in [1.82, 2.24) is 20.2 Å². The molecule has 6 nitrogen and oxygen atoms in total. The Bertz CT molecular complexity index is 783.